The topological polar surface area (TPSA) is 103 Å². The number of nitro groups is 1. The summed E-state index contributed by atoms with van der Waals surface area (Å²) in [6, 6.07) is 9.69. The molecule has 0 saturated heterocycles. The molecule has 0 radical (unpaired) electrons. The van der Waals surface area contributed by atoms with Crippen molar-refractivity contribution in [3.63, 3.8) is 0 Å². The molecule has 0 heterocycles. The fourth-order valence-corrected chi connectivity index (χ4v) is 2.19. The number of nitrogens with one attached hydrogen (secondary N) is 1. The molecule has 2 rings (SSSR count). The van der Waals surface area contributed by atoms with Crippen LogP contribution in [0.5, 0.6) is 11.5 Å². The van der Waals surface area contributed by atoms with Gasteiger partial charge in [-0.25, -0.2) is 5.43 Å². The second-order valence-corrected chi connectivity index (χ2v) is 5.04. The number of benzene rings is 2. The average Bonchev–Trinajstić information content (AvgIpc) is 2.61. The van der Waals surface area contributed by atoms with Crippen molar-refractivity contribution < 1.29 is 19.2 Å². The van der Waals surface area contributed by atoms with Crippen LogP contribution >= 0.6 is 0 Å². The van der Waals surface area contributed by atoms with E-state index in [0.29, 0.717) is 11.3 Å². The molecule has 25 heavy (non-hydrogen) atoms. The van der Waals surface area contributed by atoms with Gasteiger partial charge in [-0.3, -0.25) is 14.9 Å². The Balaban J connectivity index is 2.26. The Labute approximate surface area is 144 Å². The number of methoxy groups -OCH3 is 2. The summed E-state index contributed by atoms with van der Waals surface area (Å²) in [5.41, 5.74) is 3.59. The van der Waals surface area contributed by atoms with Gasteiger partial charge >= 0.3 is 0 Å². The van der Waals surface area contributed by atoms with Crippen molar-refractivity contribution in [2.24, 2.45) is 5.10 Å². The van der Waals surface area contributed by atoms with Gasteiger partial charge < -0.3 is 9.47 Å². The highest BCUT2D eigenvalue weighted by Crippen LogP contribution is 2.33. The van der Waals surface area contributed by atoms with E-state index >= 15 is 0 Å². The number of ether oxygens (including phenoxy) is 2. The highest BCUT2D eigenvalue weighted by Gasteiger charge is 2.18. The van der Waals surface area contributed by atoms with Gasteiger partial charge in [-0.2, -0.15) is 5.10 Å². The molecule has 0 fully saturated rings. The number of amides is 1. The average molecular weight is 343 g/mol. The van der Waals surface area contributed by atoms with E-state index in [-0.39, 0.29) is 17.0 Å². The Morgan fingerprint density at radius 2 is 1.84 bits per heavy atom. The summed E-state index contributed by atoms with van der Waals surface area (Å²) in [6.07, 6.45) is 1.19. The van der Waals surface area contributed by atoms with E-state index in [4.69, 9.17) is 9.47 Å². The number of carbonyl (C=O) groups is 1. The Morgan fingerprint density at radius 1 is 1.20 bits per heavy atom. The lowest BCUT2D eigenvalue weighted by Crippen LogP contribution is -2.18. The highest BCUT2D eigenvalue weighted by atomic mass is 16.6. The van der Waals surface area contributed by atoms with Crippen LogP contribution in [0.2, 0.25) is 0 Å². The molecule has 1 amide bonds. The number of nitro benzene ring substituents is 1. The maximum atomic E-state index is 12.1. The molecule has 0 bridgehead atoms. The zero-order valence-corrected chi connectivity index (χ0v) is 14.0. The smallest absolute Gasteiger partial charge is 0.282 e. The molecule has 0 saturated carbocycles. The lowest BCUT2D eigenvalue weighted by atomic mass is 10.1. The third-order valence-corrected chi connectivity index (χ3v) is 3.49. The van der Waals surface area contributed by atoms with E-state index in [1.807, 2.05) is 6.07 Å². The fraction of sp³-hybridized carbons (Fsp3) is 0.176. The van der Waals surface area contributed by atoms with E-state index < -0.39 is 10.8 Å². The van der Waals surface area contributed by atoms with Crippen molar-refractivity contribution in [1.82, 2.24) is 5.43 Å². The van der Waals surface area contributed by atoms with Gasteiger partial charge in [0.2, 0.25) is 0 Å². The molecule has 130 valence electrons. The minimum absolute atomic E-state index is 0.174. The predicted octanol–water partition coefficient (Wildman–Crippen LogP) is 2.68. The molecule has 0 aliphatic heterocycles. The largest absolute Gasteiger partial charge is 0.493 e. The third kappa shape index (κ3) is 4.11. The van der Waals surface area contributed by atoms with E-state index in [1.54, 1.807) is 25.1 Å². The second-order valence-electron chi connectivity index (χ2n) is 5.04. The van der Waals surface area contributed by atoms with E-state index in [9.17, 15) is 14.9 Å². The minimum atomic E-state index is -0.563. The van der Waals surface area contributed by atoms with Crippen molar-refractivity contribution in [2.75, 3.05) is 14.2 Å². The summed E-state index contributed by atoms with van der Waals surface area (Å²) in [4.78, 5) is 22.7. The van der Waals surface area contributed by atoms with Gasteiger partial charge in [0.1, 0.15) is 0 Å². The molecule has 8 nitrogen and oxygen atoms in total. The Kier molecular flexibility index (Phi) is 5.67. The summed E-state index contributed by atoms with van der Waals surface area (Å²) in [5, 5.41) is 15.0. The predicted molar refractivity (Wildman–Crippen MR) is 92.4 cm³/mol. The summed E-state index contributed by atoms with van der Waals surface area (Å²) < 4.78 is 10.2. The molecular formula is C17H17N3O5. The monoisotopic (exact) mass is 343 g/mol. The molecular weight excluding hydrogens is 326 g/mol. The SMILES string of the molecule is COc1cc(/C=N/NC(=O)c2ccccc2C)c([N+](=O)[O-])cc1OC. The van der Waals surface area contributed by atoms with Crippen LogP contribution < -0.4 is 14.9 Å². The van der Waals surface area contributed by atoms with E-state index in [2.05, 4.69) is 10.5 Å². The third-order valence-electron chi connectivity index (χ3n) is 3.49. The van der Waals surface area contributed by atoms with Crippen LogP contribution in [-0.2, 0) is 0 Å². The molecule has 0 aliphatic rings. The maximum absolute atomic E-state index is 12.1. The standard InChI is InChI=1S/C17H17N3O5/c1-11-6-4-5-7-13(11)17(21)19-18-10-12-8-15(24-2)16(25-3)9-14(12)20(22)23/h4-10H,1-3H3,(H,19,21)/b18-10+. The number of aryl methyl sites for hydroxylation is 1. The van der Waals surface area contributed by atoms with Crippen molar-refractivity contribution in [3.8, 4) is 11.5 Å². The molecule has 0 unspecified atom stereocenters. The number of hydrazone groups is 1. The zero-order valence-electron chi connectivity index (χ0n) is 14.0. The first-order valence-corrected chi connectivity index (χ1v) is 7.27. The van der Waals surface area contributed by atoms with Gasteiger partial charge in [-0.1, -0.05) is 18.2 Å². The Bertz CT molecular complexity index is 833. The highest BCUT2D eigenvalue weighted by molar-refractivity contribution is 5.96. The van der Waals surface area contributed by atoms with Gasteiger partial charge in [-0.05, 0) is 24.6 Å². The summed E-state index contributed by atoms with van der Waals surface area (Å²) in [6.45, 7) is 1.80. The normalized spacial score (nSPS) is 10.5. The van der Waals surface area contributed by atoms with Crippen LogP contribution in [0.1, 0.15) is 21.5 Å². The van der Waals surface area contributed by atoms with Crippen molar-refractivity contribution in [2.45, 2.75) is 6.92 Å². The first-order valence-electron chi connectivity index (χ1n) is 7.27. The summed E-state index contributed by atoms with van der Waals surface area (Å²) in [5.74, 6) is 0.146. The number of rotatable bonds is 6. The lowest BCUT2D eigenvalue weighted by Gasteiger charge is -2.08. The van der Waals surface area contributed by atoms with Crippen LogP contribution in [0.15, 0.2) is 41.5 Å². The molecule has 0 spiro atoms. The maximum Gasteiger partial charge on any atom is 0.282 e. The van der Waals surface area contributed by atoms with E-state index in [1.165, 1.54) is 32.6 Å². The quantitative estimate of drug-likeness (QED) is 0.493. The van der Waals surface area contributed by atoms with Gasteiger partial charge in [0, 0.05) is 5.56 Å². The summed E-state index contributed by atoms with van der Waals surface area (Å²) >= 11 is 0. The van der Waals surface area contributed by atoms with Crippen LogP contribution in [0.4, 0.5) is 5.69 Å². The van der Waals surface area contributed by atoms with Crippen molar-refractivity contribution in [3.05, 3.63) is 63.2 Å². The van der Waals surface area contributed by atoms with Crippen LogP contribution in [0.25, 0.3) is 0 Å². The second kappa shape index (κ2) is 7.91. The molecule has 0 aromatic heterocycles. The molecule has 0 atom stereocenters. The van der Waals surface area contributed by atoms with Crippen molar-refractivity contribution in [1.29, 1.82) is 0 Å². The van der Waals surface area contributed by atoms with Gasteiger partial charge in [0.05, 0.1) is 37.0 Å². The number of hydrogen-bond donors (Lipinski definition) is 1. The molecule has 8 heteroatoms. The Morgan fingerprint density at radius 3 is 2.44 bits per heavy atom. The molecule has 2 aromatic rings. The Hall–Kier alpha value is -3.42. The van der Waals surface area contributed by atoms with Gasteiger partial charge in [-0.15, -0.1) is 0 Å². The van der Waals surface area contributed by atoms with Crippen LogP contribution in [0.3, 0.4) is 0 Å². The lowest BCUT2D eigenvalue weighted by molar-refractivity contribution is -0.385. The fourth-order valence-electron chi connectivity index (χ4n) is 2.19. The van der Waals surface area contributed by atoms with Gasteiger partial charge in [0.25, 0.3) is 11.6 Å². The van der Waals surface area contributed by atoms with Gasteiger partial charge in [0.15, 0.2) is 11.5 Å². The number of hydrogen-bond acceptors (Lipinski definition) is 6. The molecule has 0 aliphatic carbocycles. The van der Waals surface area contributed by atoms with Crippen molar-refractivity contribution >= 4 is 17.8 Å². The van der Waals surface area contributed by atoms with Crippen LogP contribution in [-0.4, -0.2) is 31.3 Å². The zero-order chi connectivity index (χ0) is 18.4. The van der Waals surface area contributed by atoms with E-state index in [0.717, 1.165) is 5.56 Å². The summed E-state index contributed by atoms with van der Waals surface area (Å²) in [7, 11) is 2.81. The number of carbonyl (C=O) groups excluding carboxylic acids is 1. The minimum Gasteiger partial charge on any atom is -0.493 e. The number of nitrogens with zero attached hydrogens (tertiary/aromatic N) is 2. The first kappa shape index (κ1) is 17.9. The molecule has 1 N–H and O–H groups in total. The molecule has 2 aromatic carbocycles. The van der Waals surface area contributed by atoms with Crippen LogP contribution in [0, 0.1) is 17.0 Å². The first-order chi connectivity index (χ1) is 12.0.